The smallest absolute Gasteiger partial charge is 0.349 e. The number of anilines is 1. The van der Waals surface area contributed by atoms with Crippen LogP contribution in [-0.2, 0) is 4.74 Å². The second-order valence-corrected chi connectivity index (χ2v) is 7.63. The third-order valence-corrected chi connectivity index (χ3v) is 5.26. The number of benzene rings is 2. The maximum Gasteiger partial charge on any atom is 0.349 e. The molecule has 1 unspecified atom stereocenters. The van der Waals surface area contributed by atoms with Crippen molar-refractivity contribution >= 4 is 11.5 Å². The minimum absolute atomic E-state index is 0.0288. The van der Waals surface area contributed by atoms with Gasteiger partial charge in [0.1, 0.15) is 18.5 Å². The van der Waals surface area contributed by atoms with Gasteiger partial charge >= 0.3 is 5.69 Å². The molecule has 12 nitrogen and oxygen atoms in total. The Bertz CT molecular complexity index is 1370. The van der Waals surface area contributed by atoms with E-state index in [0.717, 1.165) is 15.9 Å². The van der Waals surface area contributed by atoms with Crippen molar-refractivity contribution in [1.29, 1.82) is 5.41 Å². The summed E-state index contributed by atoms with van der Waals surface area (Å²) in [6, 6.07) is 15.2. The van der Waals surface area contributed by atoms with Crippen LogP contribution >= 0.6 is 0 Å². The van der Waals surface area contributed by atoms with Gasteiger partial charge in [-0.25, -0.2) is 4.79 Å². The lowest BCUT2D eigenvalue weighted by atomic mass is 10.0. The van der Waals surface area contributed by atoms with Crippen molar-refractivity contribution in [2.45, 2.75) is 6.04 Å². The Kier molecular flexibility index (Phi) is 7.56. The summed E-state index contributed by atoms with van der Waals surface area (Å²) in [4.78, 5) is 15.5. The molecule has 2 aromatic heterocycles. The molecule has 0 radical (unpaired) electrons. The number of nitrogens with two attached hydrogens (primary N) is 1. The van der Waals surface area contributed by atoms with E-state index in [4.69, 9.17) is 25.4 Å². The van der Waals surface area contributed by atoms with Gasteiger partial charge in [-0.15, -0.1) is 10.2 Å². The molecular formula is C24H26N8O4. The van der Waals surface area contributed by atoms with E-state index in [-0.39, 0.29) is 11.7 Å². The van der Waals surface area contributed by atoms with E-state index in [1.54, 1.807) is 56.7 Å². The Balaban J connectivity index is 1.73. The molecule has 0 aliphatic rings. The summed E-state index contributed by atoms with van der Waals surface area (Å²) in [5.74, 6) is 1.67. The largest absolute Gasteiger partial charge is 0.493 e. The highest BCUT2D eigenvalue weighted by Gasteiger charge is 2.22. The van der Waals surface area contributed by atoms with Gasteiger partial charge in [0.05, 0.1) is 13.7 Å². The first-order valence-electron chi connectivity index (χ1n) is 11.0. The second kappa shape index (κ2) is 11.1. The Labute approximate surface area is 206 Å². The minimum Gasteiger partial charge on any atom is -0.493 e. The number of hydrogen-bond acceptors (Lipinski definition) is 9. The van der Waals surface area contributed by atoms with Crippen LogP contribution in [0.15, 0.2) is 65.6 Å². The van der Waals surface area contributed by atoms with E-state index in [1.165, 1.54) is 6.20 Å². The summed E-state index contributed by atoms with van der Waals surface area (Å²) >= 11 is 0. The number of hydrogen-bond donors (Lipinski definition) is 4. The van der Waals surface area contributed by atoms with Crippen LogP contribution in [0.25, 0.3) is 5.82 Å². The van der Waals surface area contributed by atoms with E-state index in [1.807, 2.05) is 12.1 Å². The van der Waals surface area contributed by atoms with Crippen molar-refractivity contribution in [3.8, 4) is 17.3 Å². The highest BCUT2D eigenvalue weighted by Crippen LogP contribution is 2.33. The maximum absolute atomic E-state index is 12.7. The quantitative estimate of drug-likeness (QED) is 0.139. The monoisotopic (exact) mass is 490 g/mol. The molecule has 0 aliphatic heterocycles. The van der Waals surface area contributed by atoms with Crippen LogP contribution < -0.4 is 26.2 Å². The first-order valence-corrected chi connectivity index (χ1v) is 11.0. The van der Waals surface area contributed by atoms with Crippen molar-refractivity contribution < 1.29 is 14.2 Å². The molecule has 0 spiro atoms. The van der Waals surface area contributed by atoms with Gasteiger partial charge in [-0.3, -0.25) is 10.4 Å². The molecule has 1 atom stereocenters. The van der Waals surface area contributed by atoms with Crippen molar-refractivity contribution in [2.24, 2.45) is 5.73 Å². The fourth-order valence-electron chi connectivity index (χ4n) is 3.47. The molecule has 0 amide bonds. The number of amidine groups is 1. The fourth-order valence-corrected chi connectivity index (χ4v) is 3.47. The van der Waals surface area contributed by atoms with E-state index >= 15 is 0 Å². The number of H-pyrrole nitrogens is 1. The number of aromatic amines is 1. The van der Waals surface area contributed by atoms with E-state index < -0.39 is 11.7 Å². The summed E-state index contributed by atoms with van der Waals surface area (Å²) in [5, 5.41) is 23.3. The third kappa shape index (κ3) is 5.50. The third-order valence-electron chi connectivity index (χ3n) is 5.26. The van der Waals surface area contributed by atoms with E-state index in [9.17, 15) is 4.79 Å². The van der Waals surface area contributed by atoms with Crippen LogP contribution in [-0.4, -0.2) is 58.2 Å². The Morgan fingerprint density at radius 1 is 1.14 bits per heavy atom. The molecule has 2 aromatic carbocycles. The van der Waals surface area contributed by atoms with Gasteiger partial charge in [-0.1, -0.05) is 6.07 Å². The van der Waals surface area contributed by atoms with Gasteiger partial charge in [0.15, 0.2) is 23.1 Å². The number of aromatic nitrogens is 5. The lowest BCUT2D eigenvalue weighted by Gasteiger charge is -2.20. The second-order valence-electron chi connectivity index (χ2n) is 7.63. The van der Waals surface area contributed by atoms with Gasteiger partial charge in [-0.05, 0) is 54.1 Å². The molecule has 0 bridgehead atoms. The molecular weight excluding hydrogens is 464 g/mol. The normalized spacial score (nSPS) is 11.6. The van der Waals surface area contributed by atoms with Crippen LogP contribution in [0, 0.1) is 5.41 Å². The van der Waals surface area contributed by atoms with Crippen molar-refractivity contribution in [3.63, 3.8) is 0 Å². The number of nitrogens with one attached hydrogen (secondary N) is 3. The number of ether oxygens (including phenoxy) is 3. The summed E-state index contributed by atoms with van der Waals surface area (Å²) in [5.41, 5.74) is 7.18. The summed E-state index contributed by atoms with van der Waals surface area (Å²) in [7, 11) is 3.15. The zero-order valence-electron chi connectivity index (χ0n) is 19.8. The average molecular weight is 491 g/mol. The van der Waals surface area contributed by atoms with Gasteiger partial charge in [0.25, 0.3) is 0 Å². The molecule has 12 heteroatoms. The minimum atomic E-state index is -0.583. The molecule has 4 rings (SSSR count). The molecule has 4 aromatic rings. The lowest BCUT2D eigenvalue weighted by molar-refractivity contribution is 0.144. The van der Waals surface area contributed by atoms with Crippen molar-refractivity contribution in [2.75, 3.05) is 32.8 Å². The summed E-state index contributed by atoms with van der Waals surface area (Å²) in [6.07, 6.45) is 1.51. The van der Waals surface area contributed by atoms with Gasteiger partial charge in [0.2, 0.25) is 0 Å². The Morgan fingerprint density at radius 3 is 2.61 bits per heavy atom. The number of methoxy groups -OCH3 is 2. The number of nitrogens with zero attached hydrogens (tertiary/aromatic N) is 4. The lowest BCUT2D eigenvalue weighted by Crippen LogP contribution is -2.17. The van der Waals surface area contributed by atoms with Crippen molar-refractivity contribution in [1.82, 2.24) is 25.0 Å². The van der Waals surface area contributed by atoms with Crippen LogP contribution in [0.4, 0.5) is 5.69 Å². The Hall–Kier alpha value is -4.71. The van der Waals surface area contributed by atoms with Gasteiger partial charge in [0, 0.05) is 24.6 Å². The van der Waals surface area contributed by atoms with Crippen LogP contribution in [0.2, 0.25) is 0 Å². The molecule has 5 N–H and O–H groups in total. The first-order chi connectivity index (χ1) is 17.5. The molecule has 0 fully saturated rings. The summed E-state index contributed by atoms with van der Waals surface area (Å²) in [6.45, 7) is 0.804. The highest BCUT2D eigenvalue weighted by molar-refractivity contribution is 5.95. The van der Waals surface area contributed by atoms with Crippen LogP contribution in [0.1, 0.15) is 23.0 Å². The van der Waals surface area contributed by atoms with E-state index in [0.29, 0.717) is 36.1 Å². The van der Waals surface area contributed by atoms with Gasteiger partial charge in [-0.2, -0.15) is 9.78 Å². The zero-order valence-corrected chi connectivity index (χ0v) is 19.8. The average Bonchev–Trinajstić information content (AvgIpc) is 3.29. The molecule has 186 valence electrons. The van der Waals surface area contributed by atoms with Crippen LogP contribution in [0.3, 0.4) is 0 Å². The van der Waals surface area contributed by atoms with Crippen molar-refractivity contribution in [3.05, 3.63) is 88.2 Å². The molecule has 0 saturated heterocycles. The first kappa shape index (κ1) is 24.4. The molecule has 2 heterocycles. The predicted octanol–water partition coefficient (Wildman–Crippen LogP) is 1.87. The SMILES string of the molecule is COCCOc1ccc(C(Nc2ccc(C(=N)N)cc2)c2nn(-c3cccnn3)c(=O)[nH]2)cc1OC. The Morgan fingerprint density at radius 2 is 1.94 bits per heavy atom. The molecule has 0 aliphatic carbocycles. The fraction of sp³-hybridized carbons (Fsp3) is 0.208. The van der Waals surface area contributed by atoms with Crippen LogP contribution in [0.5, 0.6) is 11.5 Å². The number of nitrogen functional groups attached to an aromatic ring is 1. The molecule has 0 saturated carbocycles. The zero-order chi connectivity index (χ0) is 25.5. The van der Waals surface area contributed by atoms with Gasteiger partial charge < -0.3 is 25.3 Å². The maximum atomic E-state index is 12.7. The number of rotatable bonds is 11. The predicted molar refractivity (Wildman–Crippen MR) is 133 cm³/mol. The highest BCUT2D eigenvalue weighted by atomic mass is 16.5. The molecule has 36 heavy (non-hydrogen) atoms. The topological polar surface area (TPSA) is 166 Å². The standard InChI is InChI=1S/C24H26N8O4/c1-34-12-13-36-18-10-7-16(14-19(18)35-2)21(28-17-8-5-15(6-9-17)22(25)26)23-29-24(33)32(31-23)20-4-3-11-27-30-20/h3-11,14,21,28H,12-13H2,1-2H3,(H3,25,26)(H,29,31,33). The van der Waals surface area contributed by atoms with E-state index in [2.05, 4.69) is 25.6 Å². The summed E-state index contributed by atoms with van der Waals surface area (Å²) < 4.78 is 17.5.